The Hall–Kier alpha value is -0.580. The average Bonchev–Trinajstić information content (AvgIpc) is 2.22. The standard InChI is InChI=1S/C12H18BrNO2/c1-7-4-8(13)5-9(10(7)16)11(14)12(2,3)6-15/h4-5,11,15-16H,6,14H2,1-3H3/t11-/m0/s1. The zero-order valence-corrected chi connectivity index (χ0v) is 11.4. The minimum absolute atomic E-state index is 0.0286. The van der Waals surface area contributed by atoms with E-state index < -0.39 is 11.5 Å². The molecule has 0 aliphatic rings. The number of halogens is 1. The summed E-state index contributed by atoms with van der Waals surface area (Å²) in [6.07, 6.45) is 0. The Morgan fingerprint density at radius 2 is 2.00 bits per heavy atom. The molecule has 3 nitrogen and oxygen atoms in total. The van der Waals surface area contributed by atoms with Gasteiger partial charge in [0, 0.05) is 28.1 Å². The Morgan fingerprint density at radius 1 is 1.44 bits per heavy atom. The van der Waals surface area contributed by atoms with E-state index in [2.05, 4.69) is 15.9 Å². The van der Waals surface area contributed by atoms with Gasteiger partial charge in [0.15, 0.2) is 0 Å². The van der Waals surface area contributed by atoms with E-state index in [1.54, 1.807) is 6.07 Å². The summed E-state index contributed by atoms with van der Waals surface area (Å²) in [5, 5.41) is 19.3. The molecule has 0 fully saturated rings. The first kappa shape index (κ1) is 13.5. The first-order valence-corrected chi connectivity index (χ1v) is 5.94. The molecule has 0 amide bonds. The maximum Gasteiger partial charge on any atom is 0.123 e. The van der Waals surface area contributed by atoms with Crippen LogP contribution in [0.1, 0.15) is 31.0 Å². The number of phenols is 1. The highest BCUT2D eigenvalue weighted by Gasteiger charge is 2.29. The van der Waals surface area contributed by atoms with Gasteiger partial charge in [-0.05, 0) is 24.6 Å². The van der Waals surface area contributed by atoms with Crippen LogP contribution < -0.4 is 5.73 Å². The van der Waals surface area contributed by atoms with Crippen molar-refractivity contribution >= 4 is 15.9 Å². The summed E-state index contributed by atoms with van der Waals surface area (Å²) in [5.41, 5.74) is 7.04. The summed E-state index contributed by atoms with van der Waals surface area (Å²) in [7, 11) is 0. The van der Waals surface area contributed by atoms with Crippen LogP contribution >= 0.6 is 15.9 Å². The SMILES string of the molecule is Cc1cc(Br)cc([C@H](N)C(C)(C)CO)c1O. The van der Waals surface area contributed by atoms with Gasteiger partial charge in [0.1, 0.15) is 5.75 Å². The van der Waals surface area contributed by atoms with Crippen LogP contribution in [-0.4, -0.2) is 16.8 Å². The highest BCUT2D eigenvalue weighted by molar-refractivity contribution is 9.10. The molecule has 1 atom stereocenters. The highest BCUT2D eigenvalue weighted by Crippen LogP contribution is 2.38. The van der Waals surface area contributed by atoms with Crippen molar-refractivity contribution in [2.45, 2.75) is 26.8 Å². The molecule has 0 aliphatic carbocycles. The van der Waals surface area contributed by atoms with Crippen LogP contribution in [-0.2, 0) is 0 Å². The molecule has 1 aromatic rings. The molecule has 0 spiro atoms. The van der Waals surface area contributed by atoms with Crippen LogP contribution in [0.15, 0.2) is 16.6 Å². The van der Waals surface area contributed by atoms with Crippen LogP contribution in [0.3, 0.4) is 0 Å². The number of benzene rings is 1. The lowest BCUT2D eigenvalue weighted by molar-refractivity contribution is 0.131. The van der Waals surface area contributed by atoms with Gasteiger partial charge in [-0.25, -0.2) is 0 Å². The van der Waals surface area contributed by atoms with Crippen molar-refractivity contribution in [2.24, 2.45) is 11.1 Å². The molecule has 1 aromatic carbocycles. The molecular formula is C12H18BrNO2. The number of aryl methyl sites for hydroxylation is 1. The maximum atomic E-state index is 9.97. The number of aromatic hydroxyl groups is 1. The monoisotopic (exact) mass is 287 g/mol. The summed E-state index contributed by atoms with van der Waals surface area (Å²) in [6.45, 7) is 5.53. The van der Waals surface area contributed by atoms with Crippen molar-refractivity contribution in [3.8, 4) is 5.75 Å². The Labute approximate surface area is 104 Å². The summed E-state index contributed by atoms with van der Waals surface area (Å²) < 4.78 is 0.877. The lowest BCUT2D eigenvalue weighted by Gasteiger charge is -2.30. The van der Waals surface area contributed by atoms with Gasteiger partial charge in [0.05, 0.1) is 0 Å². The summed E-state index contributed by atoms with van der Waals surface area (Å²) >= 11 is 3.37. The molecule has 0 radical (unpaired) electrons. The smallest absolute Gasteiger partial charge is 0.123 e. The maximum absolute atomic E-state index is 9.97. The van der Waals surface area contributed by atoms with E-state index in [9.17, 15) is 10.2 Å². The molecule has 90 valence electrons. The topological polar surface area (TPSA) is 66.5 Å². The number of aliphatic hydroxyl groups is 1. The third-order valence-electron chi connectivity index (χ3n) is 2.88. The van der Waals surface area contributed by atoms with Gasteiger partial charge in [-0.3, -0.25) is 0 Å². The normalized spacial score (nSPS) is 13.9. The van der Waals surface area contributed by atoms with Crippen molar-refractivity contribution in [1.29, 1.82) is 0 Å². The molecule has 1 rings (SSSR count). The lowest BCUT2D eigenvalue weighted by Crippen LogP contribution is -2.32. The molecule has 4 heteroatoms. The van der Waals surface area contributed by atoms with Crippen molar-refractivity contribution in [3.05, 3.63) is 27.7 Å². The number of nitrogens with two attached hydrogens (primary N) is 1. The number of hydrogen-bond acceptors (Lipinski definition) is 3. The fraction of sp³-hybridized carbons (Fsp3) is 0.500. The third kappa shape index (κ3) is 2.56. The van der Waals surface area contributed by atoms with E-state index in [-0.39, 0.29) is 12.4 Å². The van der Waals surface area contributed by atoms with Crippen molar-refractivity contribution in [1.82, 2.24) is 0 Å². The van der Waals surface area contributed by atoms with E-state index in [1.807, 2.05) is 26.8 Å². The molecule has 0 unspecified atom stereocenters. The van der Waals surface area contributed by atoms with E-state index in [4.69, 9.17) is 5.73 Å². The van der Waals surface area contributed by atoms with Gasteiger partial charge < -0.3 is 15.9 Å². The van der Waals surface area contributed by atoms with E-state index >= 15 is 0 Å². The van der Waals surface area contributed by atoms with Crippen molar-refractivity contribution in [3.63, 3.8) is 0 Å². The second kappa shape index (κ2) is 4.73. The van der Waals surface area contributed by atoms with Gasteiger partial charge in [0.2, 0.25) is 0 Å². The fourth-order valence-electron chi connectivity index (χ4n) is 1.52. The minimum Gasteiger partial charge on any atom is -0.507 e. The average molecular weight is 288 g/mol. The Balaban J connectivity index is 3.23. The molecule has 0 saturated carbocycles. The van der Waals surface area contributed by atoms with Gasteiger partial charge >= 0.3 is 0 Å². The van der Waals surface area contributed by atoms with Crippen molar-refractivity contribution < 1.29 is 10.2 Å². The van der Waals surface area contributed by atoms with E-state index in [0.717, 1.165) is 10.0 Å². The van der Waals surface area contributed by atoms with E-state index in [0.29, 0.717) is 5.56 Å². The fourth-order valence-corrected chi connectivity index (χ4v) is 2.11. The van der Waals surface area contributed by atoms with Crippen LogP contribution in [0.2, 0.25) is 0 Å². The molecule has 4 N–H and O–H groups in total. The first-order chi connectivity index (χ1) is 7.29. The number of aliphatic hydroxyl groups excluding tert-OH is 1. The zero-order valence-electron chi connectivity index (χ0n) is 9.79. The second-order valence-corrected chi connectivity index (χ2v) is 5.70. The minimum atomic E-state index is -0.468. The molecular weight excluding hydrogens is 270 g/mol. The van der Waals surface area contributed by atoms with Crippen LogP contribution in [0.4, 0.5) is 0 Å². The summed E-state index contributed by atoms with van der Waals surface area (Å²) in [4.78, 5) is 0. The Kier molecular flexibility index (Phi) is 3.99. The van der Waals surface area contributed by atoms with Crippen molar-refractivity contribution in [2.75, 3.05) is 6.61 Å². The summed E-state index contributed by atoms with van der Waals surface area (Å²) in [5.74, 6) is 0.206. The zero-order chi connectivity index (χ0) is 12.5. The van der Waals surface area contributed by atoms with Crippen LogP contribution in [0.5, 0.6) is 5.75 Å². The number of rotatable bonds is 3. The van der Waals surface area contributed by atoms with E-state index in [1.165, 1.54) is 0 Å². The molecule has 0 bridgehead atoms. The lowest BCUT2D eigenvalue weighted by atomic mass is 9.81. The third-order valence-corrected chi connectivity index (χ3v) is 3.34. The predicted octanol–water partition coefficient (Wildman–Crippen LogP) is 2.48. The van der Waals surface area contributed by atoms with Gasteiger partial charge in [-0.1, -0.05) is 29.8 Å². The molecule has 0 aliphatic heterocycles. The Morgan fingerprint density at radius 3 is 2.50 bits per heavy atom. The highest BCUT2D eigenvalue weighted by atomic mass is 79.9. The van der Waals surface area contributed by atoms with Gasteiger partial charge in [-0.15, -0.1) is 0 Å². The molecule has 0 heterocycles. The Bertz CT molecular complexity index is 391. The largest absolute Gasteiger partial charge is 0.507 e. The quantitative estimate of drug-likeness (QED) is 0.800. The molecule has 16 heavy (non-hydrogen) atoms. The van der Waals surface area contributed by atoms with Gasteiger partial charge in [0.25, 0.3) is 0 Å². The van der Waals surface area contributed by atoms with Crippen LogP contribution in [0.25, 0.3) is 0 Å². The predicted molar refractivity (Wildman–Crippen MR) is 68.3 cm³/mol. The molecule has 0 aromatic heterocycles. The first-order valence-electron chi connectivity index (χ1n) is 5.15. The van der Waals surface area contributed by atoms with Gasteiger partial charge in [-0.2, -0.15) is 0 Å². The van der Waals surface area contributed by atoms with Crippen LogP contribution in [0, 0.1) is 12.3 Å². The number of hydrogen-bond donors (Lipinski definition) is 3. The molecule has 0 saturated heterocycles. The summed E-state index contributed by atoms with van der Waals surface area (Å²) in [6, 6.07) is 3.22. The number of phenolic OH excluding ortho intramolecular Hbond substituents is 1. The second-order valence-electron chi connectivity index (χ2n) is 4.78.